The van der Waals surface area contributed by atoms with Gasteiger partial charge in [0, 0.05) is 13.5 Å². The molecule has 1 N–H and O–H groups in total. The fraction of sp³-hybridized carbons (Fsp3) is 0.750. The van der Waals surface area contributed by atoms with Gasteiger partial charge in [0.25, 0.3) is 0 Å². The molecule has 0 amide bonds. The van der Waals surface area contributed by atoms with Gasteiger partial charge in [-0.25, -0.2) is 0 Å². The summed E-state index contributed by atoms with van der Waals surface area (Å²) in [6, 6.07) is 0. The number of likely N-dealkylation sites (N-methyl/N-ethyl adjacent to an activating group) is 1. The molecule has 5 heteroatoms. The van der Waals surface area contributed by atoms with E-state index in [4.69, 9.17) is 9.52 Å². The fourth-order valence-electron chi connectivity index (χ4n) is 1.15. The smallest absolute Gasteiger partial charge is 0.230 e. The molecule has 0 aliphatic heterocycles. The summed E-state index contributed by atoms with van der Waals surface area (Å²) in [7, 11) is 1.90. The Labute approximate surface area is 77.4 Å². The Hall–Kier alpha value is -0.940. The van der Waals surface area contributed by atoms with Crippen molar-refractivity contribution in [1.82, 2.24) is 15.1 Å². The molecule has 1 aromatic rings. The van der Waals surface area contributed by atoms with Crippen LogP contribution in [-0.4, -0.2) is 39.9 Å². The molecule has 1 rings (SSSR count). The Bertz CT molecular complexity index is 260. The van der Waals surface area contributed by atoms with E-state index in [0.717, 1.165) is 0 Å². The third kappa shape index (κ3) is 3.52. The average Bonchev–Trinajstić information content (AvgIpc) is 2.33. The largest absolute Gasteiger partial charge is 0.424 e. The number of hydrogen-bond acceptors (Lipinski definition) is 5. The first-order valence-electron chi connectivity index (χ1n) is 4.23. The first-order chi connectivity index (χ1) is 6.08. The highest BCUT2D eigenvalue weighted by molar-refractivity contribution is 4.78. The Balaban J connectivity index is 2.40. The molecule has 0 radical (unpaired) electrons. The second-order valence-electron chi connectivity index (χ2n) is 3.26. The quantitative estimate of drug-likeness (QED) is 0.725. The lowest BCUT2D eigenvalue weighted by molar-refractivity contribution is 0.133. The van der Waals surface area contributed by atoms with Crippen molar-refractivity contribution in [1.29, 1.82) is 0 Å². The summed E-state index contributed by atoms with van der Waals surface area (Å²) in [5, 5.41) is 16.7. The van der Waals surface area contributed by atoms with Crippen LogP contribution in [0.3, 0.4) is 0 Å². The minimum Gasteiger partial charge on any atom is -0.424 e. The molecule has 0 spiro atoms. The summed E-state index contributed by atoms with van der Waals surface area (Å²) in [5.41, 5.74) is 0. The molecule has 0 aliphatic rings. The summed E-state index contributed by atoms with van der Waals surface area (Å²) >= 11 is 0. The Morgan fingerprint density at radius 3 is 2.69 bits per heavy atom. The van der Waals surface area contributed by atoms with Gasteiger partial charge in [0.2, 0.25) is 11.8 Å². The van der Waals surface area contributed by atoms with Crippen molar-refractivity contribution < 1.29 is 9.52 Å². The molecule has 1 atom stereocenters. The number of aryl methyl sites for hydroxylation is 1. The zero-order valence-corrected chi connectivity index (χ0v) is 8.19. The Morgan fingerprint density at radius 2 is 2.23 bits per heavy atom. The van der Waals surface area contributed by atoms with Gasteiger partial charge in [0.05, 0.1) is 12.6 Å². The maximum absolute atomic E-state index is 9.10. The number of hydrogen-bond donors (Lipinski definition) is 1. The van der Waals surface area contributed by atoms with Gasteiger partial charge in [-0.2, -0.15) is 0 Å². The minimum absolute atomic E-state index is 0.339. The molecule has 0 aliphatic carbocycles. The first kappa shape index (κ1) is 10.1. The molecule has 0 saturated carbocycles. The second-order valence-corrected chi connectivity index (χ2v) is 3.26. The van der Waals surface area contributed by atoms with Crippen molar-refractivity contribution in [3.05, 3.63) is 11.8 Å². The molecule has 0 aromatic carbocycles. The highest BCUT2D eigenvalue weighted by Crippen LogP contribution is 2.01. The predicted molar refractivity (Wildman–Crippen MR) is 47.0 cm³/mol. The van der Waals surface area contributed by atoms with Gasteiger partial charge in [0.15, 0.2) is 0 Å². The maximum atomic E-state index is 9.10. The van der Waals surface area contributed by atoms with E-state index >= 15 is 0 Å². The van der Waals surface area contributed by atoms with Crippen molar-refractivity contribution in [3.63, 3.8) is 0 Å². The van der Waals surface area contributed by atoms with Crippen LogP contribution in [0.4, 0.5) is 0 Å². The van der Waals surface area contributed by atoms with Gasteiger partial charge in [-0.05, 0) is 14.0 Å². The van der Waals surface area contributed by atoms with Gasteiger partial charge in [-0.1, -0.05) is 0 Å². The van der Waals surface area contributed by atoms with Crippen molar-refractivity contribution in [2.45, 2.75) is 26.5 Å². The van der Waals surface area contributed by atoms with E-state index < -0.39 is 0 Å². The summed E-state index contributed by atoms with van der Waals surface area (Å²) in [4.78, 5) is 1.93. The lowest BCUT2D eigenvalue weighted by Gasteiger charge is -2.15. The fourth-order valence-corrected chi connectivity index (χ4v) is 1.15. The van der Waals surface area contributed by atoms with E-state index in [1.165, 1.54) is 0 Å². The van der Waals surface area contributed by atoms with Crippen molar-refractivity contribution >= 4 is 0 Å². The van der Waals surface area contributed by atoms with E-state index in [0.29, 0.717) is 24.9 Å². The molecule has 1 heterocycles. The van der Waals surface area contributed by atoms with Crippen LogP contribution in [0.15, 0.2) is 4.42 Å². The maximum Gasteiger partial charge on any atom is 0.230 e. The monoisotopic (exact) mass is 185 g/mol. The zero-order valence-electron chi connectivity index (χ0n) is 8.19. The standard InChI is InChI=1S/C8H15N3O2/c1-6(12)4-11(3)5-8-10-9-7(2)13-8/h6,12H,4-5H2,1-3H3. The molecular formula is C8H15N3O2. The SMILES string of the molecule is Cc1nnc(CN(C)CC(C)O)o1. The number of nitrogens with zero attached hydrogens (tertiary/aromatic N) is 3. The number of aromatic nitrogens is 2. The van der Waals surface area contributed by atoms with Gasteiger partial charge in [-0.3, -0.25) is 4.90 Å². The molecule has 0 bridgehead atoms. The van der Waals surface area contributed by atoms with E-state index in [1.54, 1.807) is 13.8 Å². The number of aliphatic hydroxyl groups excluding tert-OH is 1. The van der Waals surface area contributed by atoms with Crippen LogP contribution in [0.1, 0.15) is 18.7 Å². The third-order valence-corrected chi connectivity index (χ3v) is 1.55. The number of rotatable bonds is 4. The van der Waals surface area contributed by atoms with Crippen molar-refractivity contribution in [3.8, 4) is 0 Å². The highest BCUT2D eigenvalue weighted by atomic mass is 16.4. The van der Waals surface area contributed by atoms with Crippen LogP contribution in [0.5, 0.6) is 0 Å². The summed E-state index contributed by atoms with van der Waals surface area (Å²) in [6.45, 7) is 4.67. The van der Waals surface area contributed by atoms with Crippen LogP contribution in [-0.2, 0) is 6.54 Å². The van der Waals surface area contributed by atoms with E-state index in [9.17, 15) is 0 Å². The zero-order chi connectivity index (χ0) is 9.84. The van der Waals surface area contributed by atoms with Gasteiger partial charge in [-0.15, -0.1) is 10.2 Å². The topological polar surface area (TPSA) is 62.4 Å². The normalized spacial score (nSPS) is 13.6. The molecule has 74 valence electrons. The van der Waals surface area contributed by atoms with Crippen LogP contribution in [0, 0.1) is 6.92 Å². The van der Waals surface area contributed by atoms with Gasteiger partial charge < -0.3 is 9.52 Å². The van der Waals surface area contributed by atoms with Crippen molar-refractivity contribution in [2.24, 2.45) is 0 Å². The first-order valence-corrected chi connectivity index (χ1v) is 4.23. The summed E-state index contributed by atoms with van der Waals surface area (Å²) in [6.07, 6.45) is -0.339. The minimum atomic E-state index is -0.339. The lowest BCUT2D eigenvalue weighted by Crippen LogP contribution is -2.26. The van der Waals surface area contributed by atoms with Gasteiger partial charge >= 0.3 is 0 Å². The predicted octanol–water partition coefficient (Wildman–Crippen LogP) is 0.191. The molecular weight excluding hydrogens is 170 g/mol. The summed E-state index contributed by atoms with van der Waals surface area (Å²) < 4.78 is 5.19. The van der Waals surface area contributed by atoms with Crippen LogP contribution < -0.4 is 0 Å². The van der Waals surface area contributed by atoms with Gasteiger partial charge in [0.1, 0.15) is 0 Å². The molecule has 0 saturated heterocycles. The Morgan fingerprint density at radius 1 is 1.54 bits per heavy atom. The molecule has 1 unspecified atom stereocenters. The van der Waals surface area contributed by atoms with Crippen LogP contribution in [0.2, 0.25) is 0 Å². The van der Waals surface area contributed by atoms with E-state index in [-0.39, 0.29) is 6.10 Å². The van der Waals surface area contributed by atoms with Crippen LogP contribution >= 0.6 is 0 Å². The van der Waals surface area contributed by atoms with E-state index in [1.807, 2.05) is 11.9 Å². The Kier molecular flexibility index (Phi) is 3.39. The third-order valence-electron chi connectivity index (χ3n) is 1.55. The van der Waals surface area contributed by atoms with Crippen molar-refractivity contribution in [2.75, 3.05) is 13.6 Å². The van der Waals surface area contributed by atoms with E-state index in [2.05, 4.69) is 10.2 Å². The average molecular weight is 185 g/mol. The lowest BCUT2D eigenvalue weighted by atomic mass is 10.4. The summed E-state index contributed by atoms with van der Waals surface area (Å²) in [5.74, 6) is 1.15. The molecule has 5 nitrogen and oxygen atoms in total. The molecule has 1 aromatic heterocycles. The van der Waals surface area contributed by atoms with Crippen LogP contribution in [0.25, 0.3) is 0 Å². The number of aliphatic hydroxyl groups is 1. The second kappa shape index (κ2) is 4.34. The molecule has 0 fully saturated rings. The highest BCUT2D eigenvalue weighted by Gasteiger charge is 2.07. The molecule has 13 heavy (non-hydrogen) atoms.